The van der Waals surface area contributed by atoms with E-state index in [1.807, 2.05) is 0 Å². The number of non-ortho nitro benzene ring substituents is 1. The summed E-state index contributed by atoms with van der Waals surface area (Å²) in [5, 5.41) is 20.0. The summed E-state index contributed by atoms with van der Waals surface area (Å²) in [4.78, 5) is 26.8. The Bertz CT molecular complexity index is 611. The van der Waals surface area contributed by atoms with Crippen LogP contribution in [-0.2, 0) is 11.2 Å². The SMILES string of the molecule is O=C(CN1CCC(CO)CC1)N1CCc2cc([N+](=O)[O-])ccc21. The van der Waals surface area contributed by atoms with Crippen molar-refractivity contribution in [1.82, 2.24) is 4.90 Å². The van der Waals surface area contributed by atoms with Crippen LogP contribution in [0.3, 0.4) is 0 Å². The molecule has 0 aromatic heterocycles. The van der Waals surface area contributed by atoms with E-state index in [4.69, 9.17) is 5.11 Å². The van der Waals surface area contributed by atoms with Gasteiger partial charge in [0.15, 0.2) is 0 Å². The van der Waals surface area contributed by atoms with E-state index in [2.05, 4.69) is 4.90 Å². The fraction of sp³-hybridized carbons (Fsp3) is 0.562. The van der Waals surface area contributed by atoms with Crippen molar-refractivity contribution < 1.29 is 14.8 Å². The highest BCUT2D eigenvalue weighted by molar-refractivity contribution is 5.97. The maximum Gasteiger partial charge on any atom is 0.269 e. The van der Waals surface area contributed by atoms with Crippen LogP contribution in [0.5, 0.6) is 0 Å². The second-order valence-electron chi connectivity index (χ2n) is 6.27. The average molecular weight is 319 g/mol. The highest BCUT2D eigenvalue weighted by atomic mass is 16.6. The predicted molar refractivity (Wildman–Crippen MR) is 85.4 cm³/mol. The number of aliphatic hydroxyl groups is 1. The molecule has 2 aliphatic rings. The highest BCUT2D eigenvalue weighted by Gasteiger charge is 2.28. The molecule has 1 amide bonds. The molecule has 7 heteroatoms. The number of fused-ring (bicyclic) bond motifs is 1. The lowest BCUT2D eigenvalue weighted by Crippen LogP contribution is -2.43. The van der Waals surface area contributed by atoms with Gasteiger partial charge in [0.2, 0.25) is 5.91 Å². The number of amides is 1. The topological polar surface area (TPSA) is 86.9 Å². The van der Waals surface area contributed by atoms with Crippen molar-refractivity contribution in [2.75, 3.05) is 37.7 Å². The number of anilines is 1. The number of hydrogen-bond acceptors (Lipinski definition) is 5. The largest absolute Gasteiger partial charge is 0.396 e. The second kappa shape index (κ2) is 6.64. The van der Waals surface area contributed by atoms with E-state index in [0.29, 0.717) is 25.4 Å². The Balaban J connectivity index is 1.63. The number of carbonyl (C=O) groups excluding carboxylic acids is 1. The van der Waals surface area contributed by atoms with Crippen LogP contribution in [0.1, 0.15) is 18.4 Å². The summed E-state index contributed by atoms with van der Waals surface area (Å²) in [6, 6.07) is 4.70. The quantitative estimate of drug-likeness (QED) is 0.665. The zero-order valence-electron chi connectivity index (χ0n) is 13.0. The Morgan fingerprint density at radius 1 is 1.30 bits per heavy atom. The van der Waals surface area contributed by atoms with Gasteiger partial charge in [-0.2, -0.15) is 0 Å². The van der Waals surface area contributed by atoms with Gasteiger partial charge in [0.05, 0.1) is 11.5 Å². The maximum absolute atomic E-state index is 12.5. The summed E-state index contributed by atoms with van der Waals surface area (Å²) in [6.07, 6.45) is 2.51. The van der Waals surface area contributed by atoms with Crippen LogP contribution in [-0.4, -0.2) is 53.6 Å². The molecular weight excluding hydrogens is 298 g/mol. The molecule has 2 aliphatic heterocycles. The summed E-state index contributed by atoms with van der Waals surface area (Å²) in [5.41, 5.74) is 1.74. The number of nitrogens with zero attached hydrogens (tertiary/aromatic N) is 3. The first-order valence-corrected chi connectivity index (χ1v) is 7.99. The van der Waals surface area contributed by atoms with Crippen molar-refractivity contribution in [2.45, 2.75) is 19.3 Å². The van der Waals surface area contributed by atoms with Gasteiger partial charge >= 0.3 is 0 Å². The van der Waals surface area contributed by atoms with Gasteiger partial charge in [0, 0.05) is 31.0 Å². The minimum Gasteiger partial charge on any atom is -0.396 e. The van der Waals surface area contributed by atoms with Gasteiger partial charge in [0.1, 0.15) is 0 Å². The molecule has 0 aliphatic carbocycles. The number of aliphatic hydroxyl groups excluding tert-OH is 1. The zero-order valence-corrected chi connectivity index (χ0v) is 13.0. The molecule has 0 saturated carbocycles. The van der Waals surface area contributed by atoms with Gasteiger partial charge in [-0.3, -0.25) is 19.8 Å². The van der Waals surface area contributed by atoms with Crippen LogP contribution in [0.25, 0.3) is 0 Å². The average Bonchev–Trinajstić information content (AvgIpc) is 2.98. The minimum atomic E-state index is -0.407. The molecule has 1 aromatic rings. The van der Waals surface area contributed by atoms with E-state index in [-0.39, 0.29) is 18.2 Å². The smallest absolute Gasteiger partial charge is 0.269 e. The Labute approximate surface area is 134 Å². The predicted octanol–water partition coefficient (Wildman–Crippen LogP) is 1.19. The molecule has 1 aromatic carbocycles. The number of likely N-dealkylation sites (tertiary alicyclic amines) is 1. The molecule has 0 radical (unpaired) electrons. The monoisotopic (exact) mass is 319 g/mol. The molecule has 0 unspecified atom stereocenters. The van der Waals surface area contributed by atoms with Gasteiger partial charge in [-0.1, -0.05) is 0 Å². The number of carbonyl (C=O) groups is 1. The van der Waals surface area contributed by atoms with Gasteiger partial charge < -0.3 is 10.0 Å². The number of hydrogen-bond donors (Lipinski definition) is 1. The van der Waals surface area contributed by atoms with Crippen molar-refractivity contribution in [3.63, 3.8) is 0 Å². The number of rotatable bonds is 4. The third kappa shape index (κ3) is 3.35. The van der Waals surface area contributed by atoms with Crippen molar-refractivity contribution in [2.24, 2.45) is 5.92 Å². The Kier molecular flexibility index (Phi) is 4.58. The van der Waals surface area contributed by atoms with Crippen LogP contribution in [0.4, 0.5) is 11.4 Å². The third-order valence-electron chi connectivity index (χ3n) is 4.79. The summed E-state index contributed by atoms with van der Waals surface area (Å²) in [7, 11) is 0. The maximum atomic E-state index is 12.5. The lowest BCUT2D eigenvalue weighted by molar-refractivity contribution is -0.384. The fourth-order valence-corrected chi connectivity index (χ4v) is 3.36. The molecule has 0 bridgehead atoms. The zero-order chi connectivity index (χ0) is 16.4. The molecule has 124 valence electrons. The Morgan fingerprint density at radius 3 is 2.70 bits per heavy atom. The van der Waals surface area contributed by atoms with E-state index in [0.717, 1.165) is 37.2 Å². The van der Waals surface area contributed by atoms with E-state index >= 15 is 0 Å². The first-order valence-electron chi connectivity index (χ1n) is 7.99. The van der Waals surface area contributed by atoms with Gasteiger partial charge in [-0.05, 0) is 49.9 Å². The van der Waals surface area contributed by atoms with Crippen molar-refractivity contribution >= 4 is 17.3 Å². The molecule has 1 fully saturated rings. The van der Waals surface area contributed by atoms with E-state index in [9.17, 15) is 14.9 Å². The van der Waals surface area contributed by atoms with Crippen molar-refractivity contribution in [3.8, 4) is 0 Å². The van der Waals surface area contributed by atoms with Crippen molar-refractivity contribution in [3.05, 3.63) is 33.9 Å². The number of nitro benzene ring substituents is 1. The first kappa shape index (κ1) is 15.9. The molecule has 0 spiro atoms. The molecule has 1 N–H and O–H groups in total. The van der Waals surface area contributed by atoms with Crippen LogP contribution in [0.15, 0.2) is 18.2 Å². The van der Waals surface area contributed by atoms with Crippen LogP contribution < -0.4 is 4.90 Å². The molecular formula is C16H21N3O4. The van der Waals surface area contributed by atoms with Gasteiger partial charge in [-0.15, -0.1) is 0 Å². The standard InChI is InChI=1S/C16H21N3O4/c20-11-12-3-6-17(7-4-12)10-16(21)18-8-5-13-9-14(19(22)23)1-2-15(13)18/h1-2,9,12,20H,3-8,10-11H2. The highest BCUT2D eigenvalue weighted by Crippen LogP contribution is 2.31. The van der Waals surface area contributed by atoms with Crippen molar-refractivity contribution in [1.29, 1.82) is 0 Å². The first-order chi connectivity index (χ1) is 11.1. The molecule has 1 saturated heterocycles. The minimum absolute atomic E-state index is 0.0417. The van der Waals surface area contributed by atoms with E-state index in [1.165, 1.54) is 6.07 Å². The summed E-state index contributed by atoms with van der Waals surface area (Å²) >= 11 is 0. The molecule has 3 rings (SSSR count). The Hall–Kier alpha value is -1.99. The summed E-state index contributed by atoms with van der Waals surface area (Å²) in [6.45, 7) is 2.84. The fourth-order valence-electron chi connectivity index (χ4n) is 3.36. The van der Waals surface area contributed by atoms with Gasteiger partial charge in [-0.25, -0.2) is 0 Å². The number of piperidine rings is 1. The molecule has 0 atom stereocenters. The summed E-state index contributed by atoms with van der Waals surface area (Å²) in [5.74, 6) is 0.398. The Morgan fingerprint density at radius 2 is 2.04 bits per heavy atom. The van der Waals surface area contributed by atoms with Gasteiger partial charge in [0.25, 0.3) is 5.69 Å². The number of benzene rings is 1. The lowest BCUT2D eigenvalue weighted by Gasteiger charge is -2.31. The normalized spacial score (nSPS) is 18.9. The third-order valence-corrected chi connectivity index (χ3v) is 4.79. The van der Waals surface area contributed by atoms with Crippen LogP contribution >= 0.6 is 0 Å². The van der Waals surface area contributed by atoms with Crippen LogP contribution in [0.2, 0.25) is 0 Å². The molecule has 2 heterocycles. The number of nitro groups is 1. The molecule has 7 nitrogen and oxygen atoms in total. The van der Waals surface area contributed by atoms with Crippen LogP contribution in [0, 0.1) is 16.0 Å². The second-order valence-corrected chi connectivity index (χ2v) is 6.27. The summed E-state index contributed by atoms with van der Waals surface area (Å²) < 4.78 is 0. The van der Waals surface area contributed by atoms with E-state index < -0.39 is 4.92 Å². The van der Waals surface area contributed by atoms with E-state index in [1.54, 1.807) is 17.0 Å². The molecule has 23 heavy (non-hydrogen) atoms. The lowest BCUT2D eigenvalue weighted by atomic mass is 9.98.